The van der Waals surface area contributed by atoms with Crippen molar-refractivity contribution >= 4 is 11.3 Å². The summed E-state index contributed by atoms with van der Waals surface area (Å²) < 4.78 is 25.3. The van der Waals surface area contributed by atoms with Crippen molar-refractivity contribution in [3.8, 4) is 0 Å². The van der Waals surface area contributed by atoms with Gasteiger partial charge in [0.2, 0.25) is 0 Å². The quantitative estimate of drug-likeness (QED) is 0.818. The number of aryl methyl sites for hydroxylation is 1. The molecule has 0 spiro atoms. The molecule has 1 unspecified atom stereocenters. The van der Waals surface area contributed by atoms with Crippen molar-refractivity contribution in [2.24, 2.45) is 0 Å². The molecule has 1 N–H and O–H groups in total. The fourth-order valence-electron chi connectivity index (χ4n) is 1.26. The van der Waals surface area contributed by atoms with Crippen LogP contribution in [-0.4, -0.2) is 24.0 Å². The van der Waals surface area contributed by atoms with Crippen LogP contribution in [0.4, 0.5) is 8.78 Å². The number of thiazole rings is 1. The molecule has 0 saturated heterocycles. The summed E-state index contributed by atoms with van der Waals surface area (Å²) in [4.78, 5) is 4.19. The number of halogens is 2. The third-order valence-corrected chi connectivity index (χ3v) is 3.01. The molecule has 5 heteroatoms. The maximum absolute atomic E-state index is 12.6. The Bertz CT molecular complexity index is 289. The van der Waals surface area contributed by atoms with Gasteiger partial charge in [0.25, 0.3) is 6.43 Å². The van der Waals surface area contributed by atoms with E-state index in [-0.39, 0.29) is 0 Å². The Morgan fingerprint density at radius 2 is 2.27 bits per heavy atom. The molecule has 1 aromatic heterocycles. The Balaban J connectivity index is 2.50. The minimum Gasteiger partial charge on any atom is -0.309 e. The summed E-state index contributed by atoms with van der Waals surface area (Å²) in [5.74, 6) is 0. The van der Waals surface area contributed by atoms with Crippen LogP contribution in [0.15, 0.2) is 5.38 Å². The first-order chi connectivity index (χ1) is 7.13. The van der Waals surface area contributed by atoms with E-state index in [1.54, 1.807) is 0 Å². The van der Waals surface area contributed by atoms with Crippen molar-refractivity contribution in [2.75, 3.05) is 6.54 Å². The molecule has 0 aliphatic rings. The van der Waals surface area contributed by atoms with Crippen molar-refractivity contribution in [3.05, 3.63) is 16.1 Å². The molecule has 0 aliphatic carbocycles. The summed E-state index contributed by atoms with van der Waals surface area (Å²) in [5, 5.41) is 5.51. The molecule has 0 saturated carbocycles. The topological polar surface area (TPSA) is 24.9 Å². The van der Waals surface area contributed by atoms with Gasteiger partial charge in [-0.2, -0.15) is 0 Å². The first-order valence-electron chi connectivity index (χ1n) is 5.06. The van der Waals surface area contributed by atoms with Crippen molar-refractivity contribution in [3.63, 3.8) is 0 Å². The summed E-state index contributed by atoms with van der Waals surface area (Å²) in [5.41, 5.74) is 0.901. The maximum Gasteiger partial charge on any atom is 0.254 e. The molecule has 0 aliphatic heterocycles. The molecule has 0 radical (unpaired) electrons. The highest BCUT2D eigenvalue weighted by atomic mass is 32.1. The molecule has 1 atom stereocenters. The van der Waals surface area contributed by atoms with E-state index in [0.29, 0.717) is 13.0 Å². The van der Waals surface area contributed by atoms with Crippen LogP contribution in [0.25, 0.3) is 0 Å². The van der Waals surface area contributed by atoms with Gasteiger partial charge in [-0.15, -0.1) is 11.3 Å². The van der Waals surface area contributed by atoms with Gasteiger partial charge in [0.1, 0.15) is 0 Å². The minimum atomic E-state index is -2.33. The average Bonchev–Trinajstić information content (AvgIpc) is 2.58. The molecule has 1 rings (SSSR count). The first-order valence-corrected chi connectivity index (χ1v) is 5.94. The third kappa shape index (κ3) is 4.22. The van der Waals surface area contributed by atoms with Crippen molar-refractivity contribution < 1.29 is 8.78 Å². The molecule has 0 amide bonds. The second-order valence-electron chi connectivity index (χ2n) is 3.48. The molecule has 1 aromatic rings. The molecular weight excluding hydrogens is 218 g/mol. The lowest BCUT2D eigenvalue weighted by atomic mass is 10.2. The number of rotatable bonds is 6. The number of alkyl halides is 2. The average molecular weight is 234 g/mol. The van der Waals surface area contributed by atoms with Crippen molar-refractivity contribution in [1.29, 1.82) is 0 Å². The highest BCUT2D eigenvalue weighted by molar-refractivity contribution is 7.09. The van der Waals surface area contributed by atoms with Crippen LogP contribution in [0.2, 0.25) is 0 Å². The largest absolute Gasteiger partial charge is 0.309 e. The van der Waals surface area contributed by atoms with Crippen LogP contribution in [0, 0.1) is 6.92 Å². The predicted octanol–water partition coefficient (Wildman–Crippen LogP) is 2.63. The number of nitrogens with zero attached hydrogens (tertiary/aromatic N) is 1. The zero-order valence-electron chi connectivity index (χ0n) is 8.96. The summed E-state index contributed by atoms with van der Waals surface area (Å²) in [6, 6.07) is -0.768. The number of hydrogen-bond donors (Lipinski definition) is 1. The van der Waals surface area contributed by atoms with E-state index < -0.39 is 12.5 Å². The predicted molar refractivity (Wildman–Crippen MR) is 58.6 cm³/mol. The van der Waals surface area contributed by atoms with E-state index in [1.807, 2.05) is 19.2 Å². The van der Waals surface area contributed by atoms with E-state index in [2.05, 4.69) is 10.3 Å². The van der Waals surface area contributed by atoms with Gasteiger partial charge >= 0.3 is 0 Å². The van der Waals surface area contributed by atoms with Gasteiger partial charge < -0.3 is 5.32 Å². The van der Waals surface area contributed by atoms with Gasteiger partial charge in [-0.25, -0.2) is 13.8 Å². The van der Waals surface area contributed by atoms with E-state index in [1.165, 1.54) is 11.3 Å². The van der Waals surface area contributed by atoms with Crippen molar-refractivity contribution in [1.82, 2.24) is 10.3 Å². The fourth-order valence-corrected chi connectivity index (χ4v) is 2.10. The number of nitrogens with one attached hydrogen (secondary N) is 1. The summed E-state index contributed by atoms with van der Waals surface area (Å²) >= 11 is 1.44. The van der Waals surface area contributed by atoms with Gasteiger partial charge in [0.15, 0.2) is 0 Å². The Labute approximate surface area is 92.7 Å². The lowest BCUT2D eigenvalue weighted by Crippen LogP contribution is -2.37. The summed E-state index contributed by atoms with van der Waals surface area (Å²) in [6.45, 7) is 4.46. The van der Waals surface area contributed by atoms with E-state index >= 15 is 0 Å². The van der Waals surface area contributed by atoms with Gasteiger partial charge in [-0.1, -0.05) is 6.92 Å². The molecule has 0 fully saturated rings. The normalized spacial score (nSPS) is 13.4. The zero-order valence-corrected chi connectivity index (χ0v) is 9.78. The molecule has 0 aromatic carbocycles. The summed E-state index contributed by atoms with van der Waals surface area (Å²) in [6.07, 6.45) is -1.16. The summed E-state index contributed by atoms with van der Waals surface area (Å²) in [7, 11) is 0. The van der Waals surface area contributed by atoms with Crippen LogP contribution < -0.4 is 5.32 Å². The molecule has 15 heavy (non-hydrogen) atoms. The third-order valence-electron chi connectivity index (χ3n) is 2.02. The highest BCUT2D eigenvalue weighted by Crippen LogP contribution is 2.14. The molecule has 1 heterocycles. The second-order valence-corrected chi connectivity index (χ2v) is 4.42. The van der Waals surface area contributed by atoms with Gasteiger partial charge in [0, 0.05) is 17.5 Å². The first kappa shape index (κ1) is 12.5. The smallest absolute Gasteiger partial charge is 0.254 e. The van der Waals surface area contributed by atoms with Gasteiger partial charge in [-0.3, -0.25) is 0 Å². The number of aromatic nitrogens is 1. The fraction of sp³-hybridized carbons (Fsp3) is 0.700. The van der Waals surface area contributed by atoms with Gasteiger partial charge in [-0.05, 0) is 19.9 Å². The van der Waals surface area contributed by atoms with Crippen molar-refractivity contribution in [2.45, 2.75) is 39.2 Å². The van der Waals surface area contributed by atoms with E-state index in [4.69, 9.17) is 0 Å². The molecule has 2 nitrogen and oxygen atoms in total. The Kier molecular flexibility index (Phi) is 5.11. The van der Waals surface area contributed by atoms with Crippen LogP contribution in [0.3, 0.4) is 0 Å². The Morgan fingerprint density at radius 1 is 1.53 bits per heavy atom. The SMILES string of the molecule is CCCNC(Cc1nc(C)cs1)C(F)F. The molecule has 0 bridgehead atoms. The Hall–Kier alpha value is -0.550. The monoisotopic (exact) mass is 234 g/mol. The van der Waals surface area contributed by atoms with Crippen LogP contribution in [0.5, 0.6) is 0 Å². The highest BCUT2D eigenvalue weighted by Gasteiger charge is 2.20. The van der Waals surface area contributed by atoms with Gasteiger partial charge in [0.05, 0.1) is 11.0 Å². The lowest BCUT2D eigenvalue weighted by molar-refractivity contribution is 0.0982. The van der Waals surface area contributed by atoms with E-state index in [9.17, 15) is 8.78 Å². The second kappa shape index (κ2) is 6.12. The minimum absolute atomic E-state index is 0.316. The number of hydrogen-bond acceptors (Lipinski definition) is 3. The maximum atomic E-state index is 12.6. The van der Waals surface area contributed by atoms with Crippen LogP contribution in [0.1, 0.15) is 24.0 Å². The zero-order chi connectivity index (χ0) is 11.3. The Morgan fingerprint density at radius 3 is 2.73 bits per heavy atom. The standard InChI is InChI=1S/C10H16F2N2S/c1-3-4-13-8(10(11)12)5-9-14-7(2)6-15-9/h6,8,10,13H,3-5H2,1-2H3. The van der Waals surface area contributed by atoms with Crippen LogP contribution >= 0.6 is 11.3 Å². The van der Waals surface area contributed by atoms with E-state index in [0.717, 1.165) is 17.1 Å². The van der Waals surface area contributed by atoms with Crippen LogP contribution in [-0.2, 0) is 6.42 Å². The lowest BCUT2D eigenvalue weighted by Gasteiger charge is -2.15. The molecule has 86 valence electrons. The molecular formula is C10H16F2N2S.